The minimum Gasteiger partial charge on any atom is -0.256 e. The van der Waals surface area contributed by atoms with E-state index in [-0.39, 0.29) is 0 Å². The zero-order valence-electron chi connectivity index (χ0n) is 9.40. The molecule has 0 unspecified atom stereocenters. The lowest BCUT2D eigenvalue weighted by Crippen LogP contribution is -1.87. The summed E-state index contributed by atoms with van der Waals surface area (Å²) in [6.07, 6.45) is 1.73. The molecule has 0 aliphatic carbocycles. The van der Waals surface area contributed by atoms with Crippen molar-refractivity contribution in [2.75, 3.05) is 0 Å². The van der Waals surface area contributed by atoms with Gasteiger partial charge in [0.15, 0.2) is 0 Å². The van der Waals surface area contributed by atoms with Gasteiger partial charge in [-0.2, -0.15) is 0 Å². The number of benzene rings is 2. The predicted molar refractivity (Wildman–Crippen MR) is 77.2 cm³/mol. The van der Waals surface area contributed by atoms with Gasteiger partial charge >= 0.3 is 0 Å². The molecular weight excluding hydrogens is 265 g/mol. The second kappa shape index (κ2) is 4.60. The third kappa shape index (κ3) is 1.86. The molecule has 0 fully saturated rings. The topological polar surface area (TPSA) is 12.9 Å². The highest BCUT2D eigenvalue weighted by atomic mass is 35.5. The van der Waals surface area contributed by atoms with Gasteiger partial charge in [0.1, 0.15) is 0 Å². The Morgan fingerprint density at radius 3 is 2.44 bits per heavy atom. The maximum Gasteiger partial charge on any atom is 0.0732 e. The molecule has 1 heterocycles. The van der Waals surface area contributed by atoms with Crippen molar-refractivity contribution >= 4 is 34.0 Å². The molecule has 0 aliphatic heterocycles. The molecule has 3 aromatic rings. The van der Waals surface area contributed by atoms with E-state index in [1.807, 2.05) is 48.5 Å². The standard InChI is InChI=1S/C15H9Cl2N/c16-12-9-10-5-1-2-6-11(10)15(17)14(12)13-7-3-4-8-18-13/h1-9H. The van der Waals surface area contributed by atoms with E-state index in [0.29, 0.717) is 10.0 Å². The van der Waals surface area contributed by atoms with E-state index in [9.17, 15) is 0 Å². The Morgan fingerprint density at radius 1 is 0.889 bits per heavy atom. The van der Waals surface area contributed by atoms with Crippen molar-refractivity contribution in [3.05, 3.63) is 64.8 Å². The number of hydrogen-bond donors (Lipinski definition) is 0. The molecule has 0 aliphatic rings. The van der Waals surface area contributed by atoms with Crippen molar-refractivity contribution in [3.63, 3.8) is 0 Å². The molecule has 0 N–H and O–H groups in total. The summed E-state index contributed by atoms with van der Waals surface area (Å²) in [7, 11) is 0. The van der Waals surface area contributed by atoms with E-state index in [4.69, 9.17) is 23.2 Å². The van der Waals surface area contributed by atoms with Crippen molar-refractivity contribution < 1.29 is 0 Å². The molecule has 0 bridgehead atoms. The van der Waals surface area contributed by atoms with E-state index in [1.165, 1.54) is 0 Å². The summed E-state index contributed by atoms with van der Waals surface area (Å²) < 4.78 is 0. The number of aromatic nitrogens is 1. The number of fused-ring (bicyclic) bond motifs is 1. The van der Waals surface area contributed by atoms with Gasteiger partial charge < -0.3 is 0 Å². The molecule has 1 nitrogen and oxygen atoms in total. The average molecular weight is 274 g/mol. The van der Waals surface area contributed by atoms with Gasteiger partial charge in [0.25, 0.3) is 0 Å². The highest BCUT2D eigenvalue weighted by Gasteiger charge is 2.13. The maximum absolute atomic E-state index is 6.46. The van der Waals surface area contributed by atoms with Crippen LogP contribution in [0.15, 0.2) is 54.7 Å². The first-order chi connectivity index (χ1) is 8.77. The lowest BCUT2D eigenvalue weighted by atomic mass is 10.0. The van der Waals surface area contributed by atoms with Crippen molar-refractivity contribution in [2.24, 2.45) is 0 Å². The van der Waals surface area contributed by atoms with Crippen molar-refractivity contribution in [2.45, 2.75) is 0 Å². The largest absolute Gasteiger partial charge is 0.256 e. The highest BCUT2D eigenvalue weighted by molar-refractivity contribution is 6.43. The van der Waals surface area contributed by atoms with Gasteiger partial charge in [0, 0.05) is 17.1 Å². The zero-order chi connectivity index (χ0) is 12.5. The van der Waals surface area contributed by atoms with Gasteiger partial charge in [-0.15, -0.1) is 0 Å². The quantitative estimate of drug-likeness (QED) is 0.593. The van der Waals surface area contributed by atoms with Gasteiger partial charge in [0.2, 0.25) is 0 Å². The minimum absolute atomic E-state index is 0.623. The first-order valence-corrected chi connectivity index (χ1v) is 6.31. The summed E-state index contributed by atoms with van der Waals surface area (Å²) in [6, 6.07) is 15.5. The summed E-state index contributed by atoms with van der Waals surface area (Å²) in [4.78, 5) is 4.31. The lowest BCUT2D eigenvalue weighted by Gasteiger charge is -2.09. The van der Waals surface area contributed by atoms with E-state index >= 15 is 0 Å². The smallest absolute Gasteiger partial charge is 0.0732 e. The van der Waals surface area contributed by atoms with Crippen molar-refractivity contribution in [1.82, 2.24) is 4.98 Å². The van der Waals surface area contributed by atoms with Crippen LogP contribution in [0.2, 0.25) is 10.0 Å². The second-order valence-corrected chi connectivity index (χ2v) is 4.77. The van der Waals surface area contributed by atoms with Crippen LogP contribution < -0.4 is 0 Å². The Hall–Kier alpha value is -1.57. The first-order valence-electron chi connectivity index (χ1n) is 5.55. The van der Waals surface area contributed by atoms with Crippen LogP contribution in [0.25, 0.3) is 22.0 Å². The Balaban J connectivity index is 2.37. The third-order valence-corrected chi connectivity index (χ3v) is 3.55. The summed E-state index contributed by atoms with van der Waals surface area (Å²) in [5.74, 6) is 0. The van der Waals surface area contributed by atoms with Gasteiger partial charge in [-0.05, 0) is 23.6 Å². The summed E-state index contributed by atoms with van der Waals surface area (Å²) in [6.45, 7) is 0. The molecule has 2 aromatic carbocycles. The van der Waals surface area contributed by atoms with Crippen LogP contribution in [0, 0.1) is 0 Å². The third-order valence-electron chi connectivity index (χ3n) is 2.86. The average Bonchev–Trinajstić information content (AvgIpc) is 2.40. The van der Waals surface area contributed by atoms with Gasteiger partial charge in [0.05, 0.1) is 15.7 Å². The number of pyridine rings is 1. The molecule has 0 saturated carbocycles. The van der Waals surface area contributed by atoms with E-state index in [1.54, 1.807) is 6.20 Å². The predicted octanol–water partition coefficient (Wildman–Crippen LogP) is 5.21. The molecule has 0 atom stereocenters. The Labute approximate surface area is 115 Å². The second-order valence-electron chi connectivity index (χ2n) is 3.98. The molecule has 3 rings (SSSR count). The highest BCUT2D eigenvalue weighted by Crippen LogP contribution is 2.38. The van der Waals surface area contributed by atoms with Gasteiger partial charge in [-0.3, -0.25) is 4.98 Å². The van der Waals surface area contributed by atoms with E-state index in [2.05, 4.69) is 4.98 Å². The molecule has 0 radical (unpaired) electrons. The summed E-state index contributed by atoms with van der Waals surface area (Å²) >= 11 is 12.8. The Morgan fingerprint density at radius 2 is 1.67 bits per heavy atom. The van der Waals surface area contributed by atoms with Crippen LogP contribution >= 0.6 is 23.2 Å². The van der Waals surface area contributed by atoms with Crippen LogP contribution in [0.4, 0.5) is 0 Å². The fraction of sp³-hybridized carbons (Fsp3) is 0. The van der Waals surface area contributed by atoms with Crippen LogP contribution in [0.1, 0.15) is 0 Å². The summed E-state index contributed by atoms with van der Waals surface area (Å²) in [5.41, 5.74) is 1.58. The zero-order valence-corrected chi connectivity index (χ0v) is 10.9. The van der Waals surface area contributed by atoms with E-state index in [0.717, 1.165) is 22.0 Å². The van der Waals surface area contributed by atoms with Gasteiger partial charge in [-0.25, -0.2) is 0 Å². The molecule has 0 amide bonds. The van der Waals surface area contributed by atoms with Gasteiger partial charge in [-0.1, -0.05) is 53.5 Å². The number of nitrogens with zero attached hydrogens (tertiary/aromatic N) is 1. The van der Waals surface area contributed by atoms with E-state index < -0.39 is 0 Å². The lowest BCUT2D eigenvalue weighted by molar-refractivity contribution is 1.33. The van der Waals surface area contributed by atoms with Crippen molar-refractivity contribution in [3.8, 4) is 11.3 Å². The molecule has 18 heavy (non-hydrogen) atoms. The molecule has 1 aromatic heterocycles. The minimum atomic E-state index is 0.623. The fourth-order valence-electron chi connectivity index (χ4n) is 2.02. The summed E-state index contributed by atoms with van der Waals surface area (Å²) in [5, 5.41) is 3.30. The van der Waals surface area contributed by atoms with Crippen LogP contribution in [-0.2, 0) is 0 Å². The number of rotatable bonds is 1. The molecular formula is C15H9Cl2N. The van der Waals surface area contributed by atoms with Crippen LogP contribution in [0.3, 0.4) is 0 Å². The maximum atomic E-state index is 6.46. The molecule has 0 spiro atoms. The van der Waals surface area contributed by atoms with Crippen LogP contribution in [0.5, 0.6) is 0 Å². The van der Waals surface area contributed by atoms with Crippen molar-refractivity contribution in [1.29, 1.82) is 0 Å². The number of halogens is 2. The Bertz CT molecular complexity index is 708. The molecule has 3 heteroatoms. The fourth-order valence-corrected chi connectivity index (χ4v) is 2.74. The van der Waals surface area contributed by atoms with Crippen LogP contribution in [-0.4, -0.2) is 4.98 Å². The number of hydrogen-bond acceptors (Lipinski definition) is 1. The molecule has 88 valence electrons. The first kappa shape index (κ1) is 11.5. The molecule has 0 saturated heterocycles. The normalized spacial score (nSPS) is 10.8. The monoisotopic (exact) mass is 273 g/mol. The SMILES string of the molecule is Clc1cc2ccccc2c(Cl)c1-c1ccccn1. The Kier molecular flexibility index (Phi) is 2.94.